The van der Waals surface area contributed by atoms with Crippen molar-refractivity contribution in [2.75, 3.05) is 12.0 Å². The quantitative estimate of drug-likeness (QED) is 0.840. The average Bonchev–Trinajstić information content (AvgIpc) is 2.54. The van der Waals surface area contributed by atoms with E-state index < -0.39 is 0 Å². The van der Waals surface area contributed by atoms with Crippen LogP contribution in [-0.4, -0.2) is 19.1 Å². The van der Waals surface area contributed by atoms with Gasteiger partial charge in [-0.2, -0.15) is 0 Å². The van der Waals surface area contributed by atoms with E-state index in [-0.39, 0.29) is 11.9 Å². The van der Waals surface area contributed by atoms with Gasteiger partial charge in [-0.1, -0.05) is 18.2 Å². The van der Waals surface area contributed by atoms with E-state index in [1.54, 1.807) is 7.11 Å². The molecule has 0 aromatic heterocycles. The van der Waals surface area contributed by atoms with Gasteiger partial charge in [0.25, 0.3) is 5.91 Å². The van der Waals surface area contributed by atoms with E-state index in [4.69, 9.17) is 4.74 Å². The molecule has 1 amide bonds. The standard InChI is InChI=1S/C18H19NO2/c1-13-7-8-14-5-3-4-6-17(14)19(13)18(20)15-9-11-16(21-2)12-10-15/h3-6,9-13H,7-8H2,1-2H3. The van der Waals surface area contributed by atoms with Gasteiger partial charge in [-0.25, -0.2) is 0 Å². The molecule has 1 aliphatic rings. The largest absolute Gasteiger partial charge is 0.497 e. The van der Waals surface area contributed by atoms with Gasteiger partial charge >= 0.3 is 0 Å². The molecular formula is C18H19NO2. The number of carbonyl (C=O) groups excluding carboxylic acids is 1. The Bertz CT molecular complexity index is 649. The molecule has 0 N–H and O–H groups in total. The van der Waals surface area contributed by atoms with Gasteiger partial charge in [0, 0.05) is 17.3 Å². The summed E-state index contributed by atoms with van der Waals surface area (Å²) >= 11 is 0. The van der Waals surface area contributed by atoms with E-state index >= 15 is 0 Å². The SMILES string of the molecule is COc1ccc(C(=O)N2c3ccccc3CCC2C)cc1. The summed E-state index contributed by atoms with van der Waals surface area (Å²) in [7, 11) is 1.62. The van der Waals surface area contributed by atoms with Gasteiger partial charge < -0.3 is 9.64 Å². The number of hydrogen-bond donors (Lipinski definition) is 0. The third-order valence-electron chi connectivity index (χ3n) is 4.08. The number of hydrogen-bond acceptors (Lipinski definition) is 2. The van der Waals surface area contributed by atoms with Crippen LogP contribution in [0.3, 0.4) is 0 Å². The Balaban J connectivity index is 1.96. The lowest BCUT2D eigenvalue weighted by Crippen LogP contribution is -2.42. The predicted octanol–water partition coefficient (Wildman–Crippen LogP) is 3.68. The molecule has 1 aliphatic heterocycles. The lowest BCUT2D eigenvalue weighted by atomic mass is 9.96. The fourth-order valence-corrected chi connectivity index (χ4v) is 2.87. The normalized spacial score (nSPS) is 17.2. The van der Waals surface area contributed by atoms with E-state index in [9.17, 15) is 4.79 Å². The molecule has 3 rings (SSSR count). The van der Waals surface area contributed by atoms with Crippen molar-refractivity contribution in [3.8, 4) is 5.75 Å². The molecule has 0 spiro atoms. The van der Waals surface area contributed by atoms with Gasteiger partial charge in [-0.3, -0.25) is 4.79 Å². The molecule has 3 nitrogen and oxygen atoms in total. The van der Waals surface area contributed by atoms with E-state index in [2.05, 4.69) is 13.0 Å². The molecule has 0 bridgehead atoms. The molecule has 0 saturated carbocycles. The lowest BCUT2D eigenvalue weighted by Gasteiger charge is -2.35. The number of aryl methyl sites for hydroxylation is 1. The Morgan fingerprint density at radius 3 is 2.57 bits per heavy atom. The highest BCUT2D eigenvalue weighted by atomic mass is 16.5. The number of anilines is 1. The molecule has 0 saturated heterocycles. The van der Waals surface area contributed by atoms with Crippen LogP contribution >= 0.6 is 0 Å². The summed E-state index contributed by atoms with van der Waals surface area (Å²) in [6.07, 6.45) is 2.03. The van der Waals surface area contributed by atoms with E-state index in [0.29, 0.717) is 5.56 Å². The Hall–Kier alpha value is -2.29. The van der Waals surface area contributed by atoms with Crippen molar-refractivity contribution in [2.45, 2.75) is 25.8 Å². The molecule has 2 aromatic rings. The van der Waals surface area contributed by atoms with E-state index in [1.807, 2.05) is 47.4 Å². The second-order valence-corrected chi connectivity index (χ2v) is 5.42. The first kappa shape index (κ1) is 13.7. The Labute approximate surface area is 125 Å². The number of rotatable bonds is 2. The smallest absolute Gasteiger partial charge is 0.258 e. The van der Waals surface area contributed by atoms with E-state index in [0.717, 1.165) is 24.3 Å². The molecule has 21 heavy (non-hydrogen) atoms. The third kappa shape index (κ3) is 2.51. The maximum Gasteiger partial charge on any atom is 0.258 e. The zero-order valence-corrected chi connectivity index (χ0v) is 12.4. The Morgan fingerprint density at radius 1 is 1.14 bits per heavy atom. The summed E-state index contributed by atoms with van der Waals surface area (Å²) in [5, 5.41) is 0. The fourth-order valence-electron chi connectivity index (χ4n) is 2.87. The molecule has 108 valence electrons. The van der Waals surface area contributed by atoms with Crippen LogP contribution in [0.1, 0.15) is 29.3 Å². The molecule has 1 atom stereocenters. The molecule has 0 radical (unpaired) electrons. The average molecular weight is 281 g/mol. The Morgan fingerprint density at radius 2 is 1.86 bits per heavy atom. The van der Waals surface area contributed by atoms with Gasteiger partial charge in [0.2, 0.25) is 0 Å². The summed E-state index contributed by atoms with van der Waals surface area (Å²) < 4.78 is 5.15. The van der Waals surface area contributed by atoms with Crippen molar-refractivity contribution in [2.24, 2.45) is 0 Å². The van der Waals surface area contributed by atoms with Crippen molar-refractivity contribution in [1.82, 2.24) is 0 Å². The number of methoxy groups -OCH3 is 1. The minimum absolute atomic E-state index is 0.0531. The van der Waals surface area contributed by atoms with Gasteiger partial charge in [-0.05, 0) is 55.7 Å². The number of fused-ring (bicyclic) bond motifs is 1. The maximum atomic E-state index is 12.9. The zero-order valence-electron chi connectivity index (χ0n) is 12.4. The van der Waals surface area contributed by atoms with Gasteiger partial charge in [0.05, 0.1) is 7.11 Å². The summed E-state index contributed by atoms with van der Waals surface area (Å²) in [6.45, 7) is 2.11. The van der Waals surface area contributed by atoms with Crippen molar-refractivity contribution in [1.29, 1.82) is 0 Å². The van der Waals surface area contributed by atoms with Crippen molar-refractivity contribution in [3.05, 3.63) is 59.7 Å². The van der Waals surface area contributed by atoms with Crippen molar-refractivity contribution < 1.29 is 9.53 Å². The zero-order chi connectivity index (χ0) is 14.8. The van der Waals surface area contributed by atoms with Crippen LogP contribution < -0.4 is 9.64 Å². The van der Waals surface area contributed by atoms with Gasteiger partial charge in [0.1, 0.15) is 5.75 Å². The van der Waals surface area contributed by atoms with Crippen LogP contribution in [0.25, 0.3) is 0 Å². The molecule has 0 fully saturated rings. The lowest BCUT2D eigenvalue weighted by molar-refractivity contribution is 0.0975. The van der Waals surface area contributed by atoms with Crippen LogP contribution in [0, 0.1) is 0 Å². The second-order valence-electron chi connectivity index (χ2n) is 5.42. The molecule has 3 heteroatoms. The first-order chi connectivity index (χ1) is 10.2. The van der Waals surface area contributed by atoms with Gasteiger partial charge in [-0.15, -0.1) is 0 Å². The van der Waals surface area contributed by atoms with Crippen LogP contribution in [0.4, 0.5) is 5.69 Å². The molecular weight excluding hydrogens is 262 g/mol. The first-order valence-electron chi connectivity index (χ1n) is 7.26. The summed E-state index contributed by atoms with van der Waals surface area (Å²) in [5.41, 5.74) is 2.98. The minimum Gasteiger partial charge on any atom is -0.497 e. The predicted molar refractivity (Wildman–Crippen MR) is 84.0 cm³/mol. The first-order valence-corrected chi connectivity index (χ1v) is 7.26. The number of nitrogens with zero attached hydrogens (tertiary/aromatic N) is 1. The summed E-state index contributed by atoms with van der Waals surface area (Å²) in [5.74, 6) is 0.816. The maximum absolute atomic E-state index is 12.9. The highest BCUT2D eigenvalue weighted by Gasteiger charge is 2.28. The van der Waals surface area contributed by atoms with Crippen molar-refractivity contribution >= 4 is 11.6 Å². The third-order valence-corrected chi connectivity index (χ3v) is 4.08. The van der Waals surface area contributed by atoms with Gasteiger partial charge in [0.15, 0.2) is 0 Å². The molecule has 1 unspecified atom stereocenters. The summed E-state index contributed by atoms with van der Waals surface area (Å²) in [4.78, 5) is 14.8. The van der Waals surface area contributed by atoms with Crippen LogP contribution in [0.2, 0.25) is 0 Å². The van der Waals surface area contributed by atoms with Crippen molar-refractivity contribution in [3.63, 3.8) is 0 Å². The Kier molecular flexibility index (Phi) is 3.65. The number of amides is 1. The highest BCUT2D eigenvalue weighted by molar-refractivity contribution is 6.07. The second kappa shape index (κ2) is 5.60. The molecule has 0 aliphatic carbocycles. The summed E-state index contributed by atoms with van der Waals surface area (Å²) in [6, 6.07) is 15.7. The highest BCUT2D eigenvalue weighted by Crippen LogP contribution is 2.31. The van der Waals surface area contributed by atoms with Crippen LogP contribution in [0.5, 0.6) is 5.75 Å². The molecule has 2 aromatic carbocycles. The monoisotopic (exact) mass is 281 g/mol. The number of ether oxygens (including phenoxy) is 1. The number of carbonyl (C=O) groups is 1. The van der Waals surface area contributed by atoms with Crippen LogP contribution in [-0.2, 0) is 6.42 Å². The minimum atomic E-state index is 0.0531. The van der Waals surface area contributed by atoms with Crippen LogP contribution in [0.15, 0.2) is 48.5 Å². The number of benzene rings is 2. The van der Waals surface area contributed by atoms with E-state index in [1.165, 1.54) is 5.56 Å². The topological polar surface area (TPSA) is 29.5 Å². The molecule has 1 heterocycles. The fraction of sp³-hybridized carbons (Fsp3) is 0.278. The number of para-hydroxylation sites is 1.